The summed E-state index contributed by atoms with van der Waals surface area (Å²) in [6.45, 7) is 3.90. The van der Waals surface area contributed by atoms with Crippen molar-refractivity contribution in [2.24, 2.45) is 0 Å². The molecule has 4 rings (SSSR count). The van der Waals surface area contributed by atoms with Gasteiger partial charge in [0.15, 0.2) is 0 Å². The van der Waals surface area contributed by atoms with Crippen molar-refractivity contribution < 1.29 is 14.5 Å². The van der Waals surface area contributed by atoms with Crippen LogP contribution in [-0.4, -0.2) is 38.6 Å². The average molecular weight is 489 g/mol. The van der Waals surface area contributed by atoms with Gasteiger partial charge in [0.1, 0.15) is 5.60 Å². The van der Waals surface area contributed by atoms with E-state index in [1.165, 1.54) is 6.07 Å². The average Bonchev–Trinajstić information content (AvgIpc) is 2.98. The number of nitrogens with zero attached hydrogens (tertiary/aromatic N) is 3. The first-order chi connectivity index (χ1) is 14.8. The number of rotatable bonds is 5. The number of halogens is 1. The van der Waals surface area contributed by atoms with E-state index in [0.29, 0.717) is 4.47 Å². The summed E-state index contributed by atoms with van der Waals surface area (Å²) in [7, 11) is 0. The minimum absolute atomic E-state index is 0.0505. The summed E-state index contributed by atoms with van der Waals surface area (Å²) >= 11 is 3.23. The van der Waals surface area contributed by atoms with Crippen LogP contribution in [0, 0.1) is 10.1 Å². The smallest absolute Gasteiger partial charge is 0.411 e. The van der Waals surface area contributed by atoms with E-state index < -0.39 is 10.5 Å². The van der Waals surface area contributed by atoms with Gasteiger partial charge in [-0.25, -0.2) is 9.78 Å². The molecule has 1 saturated carbocycles. The van der Waals surface area contributed by atoms with Crippen LogP contribution in [0.15, 0.2) is 47.1 Å². The maximum Gasteiger partial charge on any atom is 0.411 e. The van der Waals surface area contributed by atoms with Crippen LogP contribution in [-0.2, 0) is 4.74 Å². The van der Waals surface area contributed by atoms with Gasteiger partial charge in [0, 0.05) is 28.8 Å². The van der Waals surface area contributed by atoms with Crippen molar-refractivity contribution >= 4 is 33.5 Å². The van der Waals surface area contributed by atoms with Crippen molar-refractivity contribution in [2.45, 2.75) is 63.3 Å². The topological polar surface area (TPSA) is 97.6 Å². The molecule has 2 heterocycles. The van der Waals surface area contributed by atoms with Gasteiger partial charge in [0.25, 0.3) is 0 Å². The summed E-state index contributed by atoms with van der Waals surface area (Å²) in [4.78, 5) is 29.8. The monoisotopic (exact) mass is 488 g/mol. The third-order valence-corrected chi connectivity index (χ3v) is 6.51. The summed E-state index contributed by atoms with van der Waals surface area (Å²) in [5.41, 5.74) is 0.397. The van der Waals surface area contributed by atoms with Crippen molar-refractivity contribution in [2.75, 3.05) is 5.32 Å². The van der Waals surface area contributed by atoms with E-state index in [1.54, 1.807) is 6.20 Å². The maximum atomic E-state index is 12.8. The van der Waals surface area contributed by atoms with Gasteiger partial charge < -0.3 is 10.1 Å². The number of nitrogens with one attached hydrogen (secondary N) is 1. The van der Waals surface area contributed by atoms with E-state index in [2.05, 4.69) is 26.2 Å². The molecule has 1 aromatic heterocycles. The van der Waals surface area contributed by atoms with E-state index in [9.17, 15) is 14.9 Å². The molecular weight excluding hydrogens is 464 g/mol. The SMILES string of the molecule is CC1(C)OC(=O)N([C@H]2CC[C@H](Nc3ncc(Br)cc3[N+](=O)[O-])CC2)[C@H]1c1ccccc1. The van der Waals surface area contributed by atoms with Gasteiger partial charge >= 0.3 is 11.8 Å². The molecule has 8 nitrogen and oxygen atoms in total. The van der Waals surface area contributed by atoms with Crippen LogP contribution in [0.3, 0.4) is 0 Å². The van der Waals surface area contributed by atoms with Gasteiger partial charge in [-0.3, -0.25) is 15.0 Å². The third-order valence-electron chi connectivity index (χ3n) is 6.08. The summed E-state index contributed by atoms with van der Waals surface area (Å²) in [6.07, 6.45) is 4.41. The Balaban J connectivity index is 1.47. The molecule has 1 aromatic carbocycles. The van der Waals surface area contributed by atoms with Crippen LogP contribution >= 0.6 is 15.9 Å². The molecule has 164 valence electrons. The lowest BCUT2D eigenvalue weighted by atomic mass is 9.86. The van der Waals surface area contributed by atoms with Crippen LogP contribution in [0.4, 0.5) is 16.3 Å². The number of carbonyl (C=O) groups is 1. The molecule has 0 bridgehead atoms. The summed E-state index contributed by atoms with van der Waals surface area (Å²) < 4.78 is 6.30. The first-order valence-corrected chi connectivity index (χ1v) is 11.2. The molecule has 2 aliphatic rings. The number of hydrogen-bond donors (Lipinski definition) is 1. The fourth-order valence-electron chi connectivity index (χ4n) is 4.70. The first-order valence-electron chi connectivity index (χ1n) is 10.4. The van der Waals surface area contributed by atoms with E-state index in [-0.39, 0.29) is 35.7 Å². The Morgan fingerprint density at radius 3 is 2.55 bits per heavy atom. The van der Waals surface area contributed by atoms with Crippen LogP contribution in [0.5, 0.6) is 0 Å². The van der Waals surface area contributed by atoms with Crippen molar-refractivity contribution in [3.05, 3.63) is 62.7 Å². The van der Waals surface area contributed by atoms with Crippen LogP contribution in [0.1, 0.15) is 51.1 Å². The number of nitro groups is 1. The lowest BCUT2D eigenvalue weighted by Crippen LogP contribution is -2.44. The second kappa shape index (κ2) is 8.45. The zero-order valence-electron chi connectivity index (χ0n) is 17.5. The number of hydrogen-bond acceptors (Lipinski definition) is 6. The van der Waals surface area contributed by atoms with Crippen LogP contribution < -0.4 is 5.32 Å². The van der Waals surface area contributed by atoms with Crippen molar-refractivity contribution in [3.8, 4) is 0 Å². The molecule has 0 unspecified atom stereocenters. The second-order valence-electron chi connectivity index (χ2n) is 8.62. The molecule has 0 radical (unpaired) electrons. The third kappa shape index (κ3) is 4.37. The predicted octanol–water partition coefficient (Wildman–Crippen LogP) is 5.45. The summed E-state index contributed by atoms with van der Waals surface area (Å²) in [5.74, 6) is 0.278. The molecule has 9 heteroatoms. The lowest BCUT2D eigenvalue weighted by Gasteiger charge is -2.38. The zero-order chi connectivity index (χ0) is 22.2. The molecule has 0 spiro atoms. The quantitative estimate of drug-likeness (QED) is 0.443. The Labute approximate surface area is 189 Å². The van der Waals surface area contributed by atoms with Crippen LogP contribution in [0.25, 0.3) is 0 Å². The molecule has 1 atom stereocenters. The normalized spacial score (nSPS) is 25.2. The largest absolute Gasteiger partial charge is 0.441 e. The molecule has 1 aliphatic heterocycles. The van der Waals surface area contributed by atoms with Crippen molar-refractivity contribution in [1.29, 1.82) is 0 Å². The number of pyridine rings is 1. The van der Waals surface area contributed by atoms with Crippen molar-refractivity contribution in [1.82, 2.24) is 9.88 Å². The van der Waals surface area contributed by atoms with E-state index in [1.807, 2.05) is 49.1 Å². The molecule has 1 aliphatic carbocycles. The van der Waals surface area contributed by atoms with E-state index in [0.717, 1.165) is 31.2 Å². The number of aromatic nitrogens is 1. The van der Waals surface area contributed by atoms with E-state index >= 15 is 0 Å². The van der Waals surface area contributed by atoms with Gasteiger partial charge in [-0.15, -0.1) is 0 Å². The van der Waals surface area contributed by atoms with Gasteiger partial charge in [-0.05, 0) is 61.0 Å². The number of carbonyl (C=O) groups excluding carboxylic acids is 1. The Morgan fingerprint density at radius 1 is 1.23 bits per heavy atom. The highest BCUT2D eigenvalue weighted by Crippen LogP contribution is 2.44. The Kier molecular flexibility index (Phi) is 5.88. The second-order valence-corrected chi connectivity index (χ2v) is 9.54. The molecular formula is C22H25BrN4O4. The fourth-order valence-corrected chi connectivity index (χ4v) is 5.02. The Morgan fingerprint density at radius 2 is 1.90 bits per heavy atom. The lowest BCUT2D eigenvalue weighted by molar-refractivity contribution is -0.384. The zero-order valence-corrected chi connectivity index (χ0v) is 19.0. The highest BCUT2D eigenvalue weighted by Gasteiger charge is 2.51. The highest BCUT2D eigenvalue weighted by atomic mass is 79.9. The fraction of sp³-hybridized carbons (Fsp3) is 0.455. The van der Waals surface area contributed by atoms with Gasteiger partial charge in [-0.2, -0.15) is 0 Å². The summed E-state index contributed by atoms with van der Waals surface area (Å²) in [6, 6.07) is 11.4. The van der Waals surface area contributed by atoms with E-state index in [4.69, 9.17) is 4.74 Å². The Hall–Kier alpha value is -2.68. The van der Waals surface area contributed by atoms with Crippen LogP contribution in [0.2, 0.25) is 0 Å². The number of cyclic esters (lactones) is 1. The number of benzene rings is 1. The predicted molar refractivity (Wildman–Crippen MR) is 120 cm³/mol. The van der Waals surface area contributed by atoms with Crippen molar-refractivity contribution in [3.63, 3.8) is 0 Å². The minimum Gasteiger partial charge on any atom is -0.441 e. The molecule has 2 aromatic rings. The first kappa shape index (κ1) is 21.5. The molecule has 1 N–H and O–H groups in total. The van der Waals surface area contributed by atoms with Gasteiger partial charge in [0.05, 0.1) is 11.0 Å². The molecule has 31 heavy (non-hydrogen) atoms. The summed E-state index contributed by atoms with van der Waals surface area (Å²) in [5, 5.41) is 14.6. The highest BCUT2D eigenvalue weighted by molar-refractivity contribution is 9.10. The number of ether oxygens (including phenoxy) is 1. The standard InChI is InChI=1S/C22H25BrN4O4/c1-22(2)19(14-6-4-3-5-7-14)26(21(28)31-22)17-10-8-16(9-11-17)25-20-18(27(29)30)12-15(23)13-24-20/h3-7,12-13,16-17,19H,8-11H2,1-2H3,(H,24,25)/t16-,17-,19-/m0/s1. The molecule has 2 fully saturated rings. The molecule has 1 saturated heterocycles. The molecule has 1 amide bonds. The number of amides is 1. The minimum atomic E-state index is -0.616. The maximum absolute atomic E-state index is 12.8. The van der Waals surface area contributed by atoms with Gasteiger partial charge in [0.2, 0.25) is 5.82 Å². The van der Waals surface area contributed by atoms with Gasteiger partial charge in [-0.1, -0.05) is 30.3 Å². The Bertz CT molecular complexity index is 977. The number of anilines is 1.